The van der Waals surface area contributed by atoms with Gasteiger partial charge in [-0.15, -0.1) is 0 Å². The van der Waals surface area contributed by atoms with Gasteiger partial charge in [0.2, 0.25) is 5.75 Å². The van der Waals surface area contributed by atoms with Crippen molar-refractivity contribution < 1.29 is 33.6 Å². The summed E-state index contributed by atoms with van der Waals surface area (Å²) in [5.41, 5.74) is 0.697. The van der Waals surface area contributed by atoms with Gasteiger partial charge in [0.1, 0.15) is 0 Å². The molecule has 0 spiro atoms. The largest absolute Gasteiger partial charge is 0.493 e. The van der Waals surface area contributed by atoms with Crippen LogP contribution in [-0.2, 0) is 16.6 Å². The van der Waals surface area contributed by atoms with Gasteiger partial charge in [-0.1, -0.05) is 19.9 Å². The molecular weight excluding hydrogens is 462 g/mol. The first-order valence-electron chi connectivity index (χ1n) is 12.1. The molecule has 0 aliphatic carbocycles. The van der Waals surface area contributed by atoms with Gasteiger partial charge in [-0.25, -0.2) is 0 Å². The fourth-order valence-corrected chi connectivity index (χ4v) is 4.68. The number of methoxy groups -OCH3 is 5. The smallest absolute Gasteiger partial charge is 0.314 e. The second-order valence-electron chi connectivity index (χ2n) is 9.19. The average molecular weight is 504 g/mol. The summed E-state index contributed by atoms with van der Waals surface area (Å²) in [5.74, 6) is 1.75. The molecule has 0 bridgehead atoms. The Bertz CT molecular complexity index is 982. The zero-order chi connectivity index (χ0) is 26.9. The molecule has 0 aliphatic rings. The number of carboxylic acid groups (broad SMARTS) is 1. The Hall–Kier alpha value is -3.13. The normalized spacial score (nSPS) is 12.8. The first kappa shape index (κ1) is 29.1. The number of aliphatic carboxylic acids is 1. The predicted molar refractivity (Wildman–Crippen MR) is 140 cm³/mol. The zero-order valence-corrected chi connectivity index (χ0v) is 22.8. The van der Waals surface area contributed by atoms with E-state index in [4.69, 9.17) is 23.7 Å². The van der Waals surface area contributed by atoms with E-state index in [2.05, 4.69) is 11.9 Å². The lowest BCUT2D eigenvalue weighted by Crippen LogP contribution is -2.41. The lowest BCUT2D eigenvalue weighted by Gasteiger charge is -2.35. The molecule has 2 rings (SSSR count). The van der Waals surface area contributed by atoms with E-state index in [0.717, 1.165) is 25.1 Å². The molecule has 0 saturated carbocycles. The van der Waals surface area contributed by atoms with Gasteiger partial charge in [0.05, 0.1) is 41.0 Å². The Morgan fingerprint density at radius 2 is 1.44 bits per heavy atom. The Labute approximate surface area is 215 Å². The lowest BCUT2D eigenvalue weighted by atomic mass is 9.68. The highest BCUT2D eigenvalue weighted by atomic mass is 16.5. The van der Waals surface area contributed by atoms with Gasteiger partial charge in [0.15, 0.2) is 23.0 Å². The van der Waals surface area contributed by atoms with Crippen molar-refractivity contribution in [1.82, 2.24) is 4.90 Å². The molecule has 36 heavy (non-hydrogen) atoms. The Morgan fingerprint density at radius 3 is 1.92 bits per heavy atom. The van der Waals surface area contributed by atoms with Crippen LogP contribution in [0.4, 0.5) is 0 Å². The number of carboxylic acids is 1. The van der Waals surface area contributed by atoms with Crippen LogP contribution in [0.1, 0.15) is 37.8 Å². The minimum Gasteiger partial charge on any atom is -0.493 e. The van der Waals surface area contributed by atoms with E-state index in [1.165, 1.54) is 21.3 Å². The summed E-state index contributed by atoms with van der Waals surface area (Å²) < 4.78 is 27.1. The van der Waals surface area contributed by atoms with Crippen LogP contribution in [-0.4, -0.2) is 71.7 Å². The number of benzene rings is 2. The standard InChI is InChI=1S/C28H41NO7/c1-19(2)28(27(30)31,21-17-24(34-6)26(36-8)25(18-21)35-7)13-9-14-29(3)15-12-20-10-11-22(32-4)23(16-20)33-5/h10-11,16-19H,9,12-15H2,1-8H3,(H,30,31). The number of nitrogens with zero attached hydrogens (tertiary/aromatic N) is 1. The third kappa shape index (κ3) is 6.35. The first-order valence-corrected chi connectivity index (χ1v) is 12.1. The first-order chi connectivity index (χ1) is 17.2. The summed E-state index contributed by atoms with van der Waals surface area (Å²) in [6.45, 7) is 5.48. The molecule has 8 heteroatoms. The molecule has 8 nitrogen and oxygen atoms in total. The van der Waals surface area contributed by atoms with E-state index < -0.39 is 11.4 Å². The maximum atomic E-state index is 12.8. The molecule has 1 unspecified atom stereocenters. The zero-order valence-electron chi connectivity index (χ0n) is 22.8. The molecule has 1 atom stereocenters. The van der Waals surface area contributed by atoms with E-state index in [1.54, 1.807) is 26.4 Å². The number of hydrogen-bond acceptors (Lipinski definition) is 7. The van der Waals surface area contributed by atoms with Crippen molar-refractivity contribution in [3.63, 3.8) is 0 Å². The fraction of sp³-hybridized carbons (Fsp3) is 0.536. The number of carbonyl (C=O) groups is 1. The van der Waals surface area contributed by atoms with Crippen molar-refractivity contribution in [1.29, 1.82) is 0 Å². The lowest BCUT2D eigenvalue weighted by molar-refractivity contribution is -0.146. The second kappa shape index (κ2) is 13.3. The summed E-state index contributed by atoms with van der Waals surface area (Å²) in [7, 11) is 9.91. The van der Waals surface area contributed by atoms with Crippen molar-refractivity contribution in [2.24, 2.45) is 5.92 Å². The van der Waals surface area contributed by atoms with Gasteiger partial charge in [0, 0.05) is 6.54 Å². The average Bonchev–Trinajstić information content (AvgIpc) is 2.88. The molecule has 0 heterocycles. The highest BCUT2D eigenvalue weighted by Crippen LogP contribution is 2.45. The molecule has 0 radical (unpaired) electrons. The van der Waals surface area contributed by atoms with Crippen LogP contribution in [0.25, 0.3) is 0 Å². The van der Waals surface area contributed by atoms with Crippen LogP contribution in [0.2, 0.25) is 0 Å². The van der Waals surface area contributed by atoms with Gasteiger partial charge in [-0.3, -0.25) is 4.79 Å². The summed E-state index contributed by atoms with van der Waals surface area (Å²) in [6, 6.07) is 9.46. The van der Waals surface area contributed by atoms with E-state index >= 15 is 0 Å². The van der Waals surface area contributed by atoms with E-state index in [9.17, 15) is 9.90 Å². The van der Waals surface area contributed by atoms with Crippen molar-refractivity contribution >= 4 is 5.97 Å². The van der Waals surface area contributed by atoms with Crippen LogP contribution < -0.4 is 23.7 Å². The van der Waals surface area contributed by atoms with Crippen LogP contribution in [0.3, 0.4) is 0 Å². The quantitative estimate of drug-likeness (QED) is 0.376. The summed E-state index contributed by atoms with van der Waals surface area (Å²) in [6.07, 6.45) is 2.03. The molecule has 2 aromatic rings. The molecule has 0 saturated heterocycles. The molecule has 0 fully saturated rings. The Kier molecular flexibility index (Phi) is 10.7. The Morgan fingerprint density at radius 1 is 0.861 bits per heavy atom. The van der Waals surface area contributed by atoms with Crippen molar-refractivity contribution in [2.75, 3.05) is 55.7 Å². The maximum absolute atomic E-state index is 12.8. The number of likely N-dealkylation sites (N-methyl/N-ethyl adjacent to an activating group) is 1. The molecule has 1 N–H and O–H groups in total. The highest BCUT2D eigenvalue weighted by molar-refractivity contribution is 5.82. The highest BCUT2D eigenvalue weighted by Gasteiger charge is 2.44. The van der Waals surface area contributed by atoms with Crippen LogP contribution in [0, 0.1) is 5.92 Å². The Balaban J connectivity index is 2.17. The topological polar surface area (TPSA) is 86.7 Å². The van der Waals surface area contributed by atoms with Crippen molar-refractivity contribution in [3.8, 4) is 28.7 Å². The summed E-state index contributed by atoms with van der Waals surface area (Å²) in [5, 5.41) is 10.5. The van der Waals surface area contributed by atoms with Crippen LogP contribution in [0.15, 0.2) is 30.3 Å². The van der Waals surface area contributed by atoms with Crippen molar-refractivity contribution in [2.45, 2.75) is 38.5 Å². The third-order valence-electron chi connectivity index (χ3n) is 6.89. The number of rotatable bonds is 15. The van der Waals surface area contributed by atoms with E-state index in [1.807, 2.05) is 32.0 Å². The monoisotopic (exact) mass is 503 g/mol. The van der Waals surface area contributed by atoms with Gasteiger partial charge < -0.3 is 33.7 Å². The molecule has 2 aromatic carbocycles. The fourth-order valence-electron chi connectivity index (χ4n) is 4.68. The summed E-state index contributed by atoms with van der Waals surface area (Å²) in [4.78, 5) is 15.0. The number of ether oxygens (including phenoxy) is 5. The van der Waals surface area contributed by atoms with Crippen LogP contribution >= 0.6 is 0 Å². The van der Waals surface area contributed by atoms with Crippen molar-refractivity contribution in [3.05, 3.63) is 41.5 Å². The molecule has 0 aliphatic heterocycles. The molecule has 0 amide bonds. The van der Waals surface area contributed by atoms with Crippen LogP contribution in [0.5, 0.6) is 28.7 Å². The molecular formula is C28H41NO7. The molecule has 0 aromatic heterocycles. The van der Waals surface area contributed by atoms with Gasteiger partial charge >= 0.3 is 5.97 Å². The van der Waals surface area contributed by atoms with E-state index in [0.29, 0.717) is 47.2 Å². The summed E-state index contributed by atoms with van der Waals surface area (Å²) >= 11 is 0. The minimum atomic E-state index is -1.10. The second-order valence-corrected chi connectivity index (χ2v) is 9.19. The van der Waals surface area contributed by atoms with Gasteiger partial charge in [-0.05, 0) is 74.2 Å². The number of hydrogen-bond donors (Lipinski definition) is 1. The maximum Gasteiger partial charge on any atom is 0.314 e. The SMILES string of the molecule is COc1ccc(CCN(C)CCCC(C(=O)O)(c2cc(OC)c(OC)c(OC)c2)C(C)C)cc1OC. The predicted octanol–water partition coefficient (Wildman–Crippen LogP) is 4.66. The third-order valence-corrected chi connectivity index (χ3v) is 6.89. The van der Waals surface area contributed by atoms with E-state index in [-0.39, 0.29) is 5.92 Å². The van der Waals surface area contributed by atoms with Gasteiger partial charge in [-0.2, -0.15) is 0 Å². The molecule has 200 valence electrons. The van der Waals surface area contributed by atoms with Gasteiger partial charge in [0.25, 0.3) is 0 Å². The minimum absolute atomic E-state index is 0.158.